The lowest BCUT2D eigenvalue weighted by Crippen LogP contribution is -2.36. The molecule has 2 aliphatic heterocycles. The van der Waals surface area contributed by atoms with E-state index in [1.165, 1.54) is 12.0 Å². The van der Waals surface area contributed by atoms with Crippen LogP contribution in [0.1, 0.15) is 32.3 Å². The quantitative estimate of drug-likeness (QED) is 0.797. The normalized spacial score (nSPS) is 30.6. The summed E-state index contributed by atoms with van der Waals surface area (Å²) in [6.45, 7) is 5.01. The number of benzene rings is 1. The third kappa shape index (κ3) is 1.77. The number of anilines is 1. The molecule has 1 aromatic rings. The van der Waals surface area contributed by atoms with E-state index in [2.05, 4.69) is 23.6 Å². The van der Waals surface area contributed by atoms with E-state index in [9.17, 15) is 4.79 Å². The number of rotatable bonds is 1. The van der Waals surface area contributed by atoms with Crippen LogP contribution in [0.25, 0.3) is 0 Å². The monoisotopic (exact) mass is 246 g/mol. The Balaban J connectivity index is 1.96. The van der Waals surface area contributed by atoms with Crippen molar-refractivity contribution in [1.82, 2.24) is 5.32 Å². The number of carbonyl (C=O) groups excluding carboxylic acids is 1. The molecule has 0 radical (unpaired) electrons. The van der Waals surface area contributed by atoms with Crippen molar-refractivity contribution < 1.29 is 9.53 Å². The minimum atomic E-state index is -0.413. The maximum atomic E-state index is 11.6. The molecule has 0 aromatic heterocycles. The number of amides is 1. The van der Waals surface area contributed by atoms with Gasteiger partial charge in [0.15, 0.2) is 6.10 Å². The lowest BCUT2D eigenvalue weighted by Gasteiger charge is -2.28. The summed E-state index contributed by atoms with van der Waals surface area (Å²) in [7, 11) is 0. The average Bonchev–Trinajstić information content (AvgIpc) is 2.78. The Bertz CT molecular complexity index is 493. The van der Waals surface area contributed by atoms with Crippen LogP contribution in [-0.2, 0) is 10.3 Å². The molecule has 2 N–H and O–H groups in total. The standard InChI is InChI=1S/C14H18N2O2/c1-9-13(17)16-11-8-10(4-5-12(11)18-9)14(2)6-3-7-15-14/h4-5,8-9,15H,3,6-7H2,1-2H3,(H,16,17). The van der Waals surface area contributed by atoms with Crippen molar-refractivity contribution in [3.05, 3.63) is 23.8 Å². The maximum absolute atomic E-state index is 11.6. The van der Waals surface area contributed by atoms with E-state index in [1.807, 2.05) is 12.1 Å². The van der Waals surface area contributed by atoms with Gasteiger partial charge in [-0.1, -0.05) is 6.07 Å². The van der Waals surface area contributed by atoms with Crippen LogP contribution in [0.5, 0.6) is 5.75 Å². The van der Waals surface area contributed by atoms with Crippen molar-refractivity contribution >= 4 is 11.6 Å². The smallest absolute Gasteiger partial charge is 0.265 e. The Kier molecular flexibility index (Phi) is 2.55. The molecular weight excluding hydrogens is 228 g/mol. The first-order valence-corrected chi connectivity index (χ1v) is 6.46. The van der Waals surface area contributed by atoms with Gasteiger partial charge in [-0.3, -0.25) is 4.79 Å². The molecule has 4 heteroatoms. The van der Waals surface area contributed by atoms with Crippen molar-refractivity contribution in [2.24, 2.45) is 0 Å². The van der Waals surface area contributed by atoms with Gasteiger partial charge in [0.05, 0.1) is 5.69 Å². The molecule has 0 spiro atoms. The molecular formula is C14H18N2O2. The Morgan fingerprint density at radius 1 is 1.44 bits per heavy atom. The number of hydrogen-bond donors (Lipinski definition) is 2. The minimum absolute atomic E-state index is 0.0167. The summed E-state index contributed by atoms with van der Waals surface area (Å²) in [5.74, 6) is 0.677. The molecule has 3 rings (SSSR count). The highest BCUT2D eigenvalue weighted by atomic mass is 16.5. The first-order chi connectivity index (χ1) is 8.58. The molecule has 1 fully saturated rings. The summed E-state index contributed by atoms with van der Waals surface area (Å²) < 4.78 is 5.56. The Morgan fingerprint density at radius 3 is 3.00 bits per heavy atom. The van der Waals surface area contributed by atoms with Gasteiger partial charge in [0.2, 0.25) is 0 Å². The van der Waals surface area contributed by atoms with E-state index >= 15 is 0 Å². The molecule has 18 heavy (non-hydrogen) atoms. The highest BCUT2D eigenvalue weighted by Gasteiger charge is 2.32. The van der Waals surface area contributed by atoms with Gasteiger partial charge >= 0.3 is 0 Å². The summed E-state index contributed by atoms with van der Waals surface area (Å²) in [5, 5.41) is 6.42. The predicted molar refractivity (Wildman–Crippen MR) is 69.8 cm³/mol. The van der Waals surface area contributed by atoms with Gasteiger partial charge in [-0.2, -0.15) is 0 Å². The summed E-state index contributed by atoms with van der Waals surface area (Å²) in [6, 6.07) is 6.06. The summed E-state index contributed by atoms with van der Waals surface area (Å²) in [4.78, 5) is 11.6. The van der Waals surface area contributed by atoms with E-state index < -0.39 is 6.10 Å². The topological polar surface area (TPSA) is 50.4 Å². The van der Waals surface area contributed by atoms with Crippen LogP contribution in [0.15, 0.2) is 18.2 Å². The molecule has 1 amide bonds. The highest BCUT2D eigenvalue weighted by molar-refractivity contribution is 5.97. The predicted octanol–water partition coefficient (Wildman–Crippen LogP) is 2.00. The SMILES string of the molecule is CC1Oc2ccc(C3(C)CCCN3)cc2NC1=O. The molecule has 0 aliphatic carbocycles. The molecule has 96 valence electrons. The van der Waals surface area contributed by atoms with Crippen LogP contribution < -0.4 is 15.4 Å². The van der Waals surface area contributed by atoms with Crippen LogP contribution in [0.4, 0.5) is 5.69 Å². The van der Waals surface area contributed by atoms with Crippen molar-refractivity contribution in [3.63, 3.8) is 0 Å². The van der Waals surface area contributed by atoms with E-state index in [-0.39, 0.29) is 11.4 Å². The summed E-state index contributed by atoms with van der Waals surface area (Å²) >= 11 is 0. The first kappa shape index (κ1) is 11.5. The molecule has 4 nitrogen and oxygen atoms in total. The van der Waals surface area contributed by atoms with Crippen molar-refractivity contribution in [2.45, 2.75) is 38.3 Å². The molecule has 2 aliphatic rings. The fourth-order valence-electron chi connectivity index (χ4n) is 2.69. The molecule has 2 heterocycles. The lowest BCUT2D eigenvalue weighted by molar-refractivity contribution is -0.122. The van der Waals surface area contributed by atoms with Gasteiger partial charge in [-0.15, -0.1) is 0 Å². The molecule has 0 saturated carbocycles. The second-order valence-electron chi connectivity index (χ2n) is 5.32. The fourth-order valence-corrected chi connectivity index (χ4v) is 2.69. The zero-order valence-corrected chi connectivity index (χ0v) is 10.7. The van der Waals surface area contributed by atoms with Gasteiger partial charge in [0.1, 0.15) is 5.75 Å². The van der Waals surface area contributed by atoms with E-state index in [0.717, 1.165) is 24.4 Å². The molecule has 1 saturated heterocycles. The number of nitrogens with one attached hydrogen (secondary N) is 2. The molecule has 1 aromatic carbocycles. The summed E-state index contributed by atoms with van der Waals surface area (Å²) in [5.41, 5.74) is 2.01. The Morgan fingerprint density at radius 2 is 2.28 bits per heavy atom. The van der Waals surface area contributed by atoms with Crippen molar-refractivity contribution in [2.75, 3.05) is 11.9 Å². The average molecular weight is 246 g/mol. The highest BCUT2D eigenvalue weighted by Crippen LogP contribution is 2.36. The van der Waals surface area contributed by atoms with Gasteiger partial charge in [0.25, 0.3) is 5.91 Å². The molecule has 0 bridgehead atoms. The Hall–Kier alpha value is -1.55. The van der Waals surface area contributed by atoms with E-state index in [1.54, 1.807) is 6.92 Å². The zero-order chi connectivity index (χ0) is 12.8. The molecule has 2 unspecified atom stereocenters. The van der Waals surface area contributed by atoms with Gasteiger partial charge < -0.3 is 15.4 Å². The Labute approximate surface area is 107 Å². The van der Waals surface area contributed by atoms with Gasteiger partial charge in [-0.25, -0.2) is 0 Å². The maximum Gasteiger partial charge on any atom is 0.265 e. The second kappa shape index (κ2) is 3.99. The van der Waals surface area contributed by atoms with Crippen LogP contribution in [-0.4, -0.2) is 18.6 Å². The third-order valence-corrected chi connectivity index (χ3v) is 3.92. The van der Waals surface area contributed by atoms with Crippen LogP contribution in [0, 0.1) is 0 Å². The van der Waals surface area contributed by atoms with Crippen molar-refractivity contribution in [1.29, 1.82) is 0 Å². The summed E-state index contributed by atoms with van der Waals surface area (Å²) in [6.07, 6.45) is 1.90. The van der Waals surface area contributed by atoms with Crippen LogP contribution in [0.2, 0.25) is 0 Å². The third-order valence-electron chi connectivity index (χ3n) is 3.92. The number of fused-ring (bicyclic) bond motifs is 1. The number of hydrogen-bond acceptors (Lipinski definition) is 3. The van der Waals surface area contributed by atoms with Gasteiger partial charge in [-0.05, 0) is 50.9 Å². The largest absolute Gasteiger partial charge is 0.479 e. The van der Waals surface area contributed by atoms with E-state index in [4.69, 9.17) is 4.74 Å². The minimum Gasteiger partial charge on any atom is -0.479 e. The fraction of sp³-hybridized carbons (Fsp3) is 0.500. The first-order valence-electron chi connectivity index (χ1n) is 6.46. The number of ether oxygens (including phenoxy) is 1. The second-order valence-corrected chi connectivity index (χ2v) is 5.32. The van der Waals surface area contributed by atoms with Crippen molar-refractivity contribution in [3.8, 4) is 5.75 Å². The number of carbonyl (C=O) groups is 1. The molecule has 2 atom stereocenters. The van der Waals surface area contributed by atoms with E-state index in [0.29, 0.717) is 0 Å². The van der Waals surface area contributed by atoms with Gasteiger partial charge in [0, 0.05) is 5.54 Å². The zero-order valence-electron chi connectivity index (χ0n) is 10.7. The lowest BCUT2D eigenvalue weighted by atomic mass is 9.90. The van der Waals surface area contributed by atoms with Crippen LogP contribution >= 0.6 is 0 Å². The van der Waals surface area contributed by atoms with Crippen LogP contribution in [0.3, 0.4) is 0 Å².